The number of likely N-dealkylation sites (tertiary alicyclic amines) is 1. The zero-order chi connectivity index (χ0) is 12.1. The third kappa shape index (κ3) is 3.94. The van der Waals surface area contributed by atoms with E-state index in [4.69, 9.17) is 4.74 Å². The van der Waals surface area contributed by atoms with E-state index in [1.54, 1.807) is 0 Å². The van der Waals surface area contributed by atoms with Crippen molar-refractivity contribution in [2.45, 2.75) is 51.0 Å². The Balaban J connectivity index is 1.76. The Morgan fingerprint density at radius 3 is 2.47 bits per heavy atom. The van der Waals surface area contributed by atoms with E-state index < -0.39 is 0 Å². The summed E-state index contributed by atoms with van der Waals surface area (Å²) in [6.45, 7) is 7.35. The van der Waals surface area contributed by atoms with Crippen molar-refractivity contribution in [3.63, 3.8) is 0 Å². The van der Waals surface area contributed by atoms with Crippen molar-refractivity contribution in [2.75, 3.05) is 32.8 Å². The second-order valence-corrected chi connectivity index (χ2v) is 5.83. The number of hydrogen-bond acceptors (Lipinski definition) is 3. The quantitative estimate of drug-likeness (QED) is 0.817. The number of piperidine rings is 1. The maximum Gasteiger partial charge on any atom is 0.0674 e. The first-order valence-corrected chi connectivity index (χ1v) is 7.24. The minimum atomic E-state index is -0.383. The largest absolute Gasteiger partial charge is 0.390 e. The third-order valence-electron chi connectivity index (χ3n) is 4.34. The van der Waals surface area contributed by atoms with E-state index in [0.717, 1.165) is 58.4 Å². The molecule has 0 atom stereocenters. The molecule has 2 heterocycles. The highest BCUT2D eigenvalue weighted by Crippen LogP contribution is 2.32. The molecule has 0 aromatic heterocycles. The topological polar surface area (TPSA) is 32.7 Å². The van der Waals surface area contributed by atoms with Gasteiger partial charge in [0, 0.05) is 26.3 Å². The maximum absolute atomic E-state index is 10.6. The Hall–Kier alpha value is -0.120. The molecule has 2 fully saturated rings. The van der Waals surface area contributed by atoms with Crippen molar-refractivity contribution >= 4 is 0 Å². The molecule has 2 aliphatic heterocycles. The molecule has 3 nitrogen and oxygen atoms in total. The first-order valence-electron chi connectivity index (χ1n) is 7.24. The van der Waals surface area contributed by atoms with Gasteiger partial charge >= 0.3 is 0 Å². The Morgan fingerprint density at radius 1 is 1.24 bits per heavy atom. The summed E-state index contributed by atoms with van der Waals surface area (Å²) in [5.74, 6) is 0.687. The molecule has 0 unspecified atom stereocenters. The third-order valence-corrected chi connectivity index (χ3v) is 4.34. The van der Waals surface area contributed by atoms with Crippen LogP contribution in [0.25, 0.3) is 0 Å². The van der Waals surface area contributed by atoms with Crippen molar-refractivity contribution < 1.29 is 9.84 Å². The highest BCUT2D eigenvalue weighted by atomic mass is 16.5. The van der Waals surface area contributed by atoms with E-state index in [0.29, 0.717) is 5.92 Å². The first-order chi connectivity index (χ1) is 8.22. The molecule has 0 amide bonds. The van der Waals surface area contributed by atoms with Crippen molar-refractivity contribution in [3.05, 3.63) is 0 Å². The molecule has 0 radical (unpaired) electrons. The van der Waals surface area contributed by atoms with Gasteiger partial charge in [0.05, 0.1) is 5.60 Å². The predicted octanol–water partition coefficient (Wildman–Crippen LogP) is 2.04. The lowest BCUT2D eigenvalue weighted by Gasteiger charge is -2.40. The van der Waals surface area contributed by atoms with E-state index in [9.17, 15) is 5.11 Å². The van der Waals surface area contributed by atoms with Gasteiger partial charge in [0.15, 0.2) is 0 Å². The van der Waals surface area contributed by atoms with Crippen LogP contribution in [0.3, 0.4) is 0 Å². The lowest BCUT2D eigenvalue weighted by molar-refractivity contribution is -0.0521. The summed E-state index contributed by atoms with van der Waals surface area (Å²) >= 11 is 0. The molecule has 17 heavy (non-hydrogen) atoms. The molecule has 0 aromatic rings. The van der Waals surface area contributed by atoms with Crippen LogP contribution in [0.5, 0.6) is 0 Å². The normalized spacial score (nSPS) is 27.2. The van der Waals surface area contributed by atoms with Crippen LogP contribution in [0.4, 0.5) is 0 Å². The van der Waals surface area contributed by atoms with E-state index >= 15 is 0 Å². The van der Waals surface area contributed by atoms with E-state index in [1.807, 2.05) is 0 Å². The van der Waals surface area contributed by atoms with Gasteiger partial charge in [-0.15, -0.1) is 0 Å². The van der Waals surface area contributed by atoms with Crippen LogP contribution in [-0.4, -0.2) is 48.5 Å². The fraction of sp³-hybridized carbons (Fsp3) is 1.00. The molecule has 0 spiro atoms. The second-order valence-electron chi connectivity index (χ2n) is 5.83. The van der Waals surface area contributed by atoms with Crippen LogP contribution in [0, 0.1) is 5.92 Å². The highest BCUT2D eigenvalue weighted by Gasteiger charge is 2.34. The van der Waals surface area contributed by atoms with Crippen LogP contribution in [0.2, 0.25) is 0 Å². The standard InChI is InChI=1S/C14H27NO2/c1-2-7-15-8-5-14(16,6-9-15)12-13-3-10-17-11-4-13/h13,16H,2-12H2,1H3. The fourth-order valence-electron chi connectivity index (χ4n) is 3.20. The molecule has 0 saturated carbocycles. The summed E-state index contributed by atoms with van der Waals surface area (Å²) < 4.78 is 5.38. The smallest absolute Gasteiger partial charge is 0.0674 e. The SMILES string of the molecule is CCCN1CCC(O)(CC2CCOCC2)CC1. The predicted molar refractivity (Wildman–Crippen MR) is 69.1 cm³/mol. The Bertz CT molecular complexity index is 218. The monoisotopic (exact) mass is 241 g/mol. The van der Waals surface area contributed by atoms with Crippen LogP contribution >= 0.6 is 0 Å². The number of rotatable bonds is 4. The summed E-state index contributed by atoms with van der Waals surface area (Å²) in [7, 11) is 0. The van der Waals surface area contributed by atoms with Crippen LogP contribution in [0.1, 0.15) is 45.4 Å². The molecule has 2 aliphatic rings. The fourth-order valence-corrected chi connectivity index (χ4v) is 3.20. The van der Waals surface area contributed by atoms with Gasteiger partial charge in [0.25, 0.3) is 0 Å². The van der Waals surface area contributed by atoms with Crippen molar-refractivity contribution in [2.24, 2.45) is 5.92 Å². The van der Waals surface area contributed by atoms with E-state index in [-0.39, 0.29) is 5.60 Å². The maximum atomic E-state index is 10.6. The Kier molecular flexibility index (Phi) is 4.83. The summed E-state index contributed by atoms with van der Waals surface area (Å²) in [6, 6.07) is 0. The van der Waals surface area contributed by atoms with Crippen molar-refractivity contribution in [1.29, 1.82) is 0 Å². The molecule has 2 saturated heterocycles. The van der Waals surface area contributed by atoms with Crippen molar-refractivity contribution in [3.8, 4) is 0 Å². The molecule has 100 valence electrons. The summed E-state index contributed by atoms with van der Waals surface area (Å²) in [5, 5.41) is 10.6. The molecule has 0 aromatic carbocycles. The van der Waals surface area contributed by atoms with Crippen LogP contribution in [0.15, 0.2) is 0 Å². The summed E-state index contributed by atoms with van der Waals surface area (Å²) in [6.07, 6.45) is 6.42. The molecule has 3 heteroatoms. The van der Waals surface area contributed by atoms with Gasteiger partial charge in [0.1, 0.15) is 0 Å². The first kappa shape index (κ1) is 13.3. The van der Waals surface area contributed by atoms with E-state index in [2.05, 4.69) is 11.8 Å². The zero-order valence-electron chi connectivity index (χ0n) is 11.2. The van der Waals surface area contributed by atoms with E-state index in [1.165, 1.54) is 13.0 Å². The molecule has 0 bridgehead atoms. The van der Waals surface area contributed by atoms with Gasteiger partial charge in [-0.25, -0.2) is 0 Å². The van der Waals surface area contributed by atoms with Crippen molar-refractivity contribution in [1.82, 2.24) is 4.90 Å². The van der Waals surface area contributed by atoms with Gasteiger partial charge in [-0.05, 0) is 51.0 Å². The number of ether oxygens (including phenoxy) is 1. The zero-order valence-corrected chi connectivity index (χ0v) is 11.2. The summed E-state index contributed by atoms with van der Waals surface area (Å²) in [5.41, 5.74) is -0.383. The molecule has 2 rings (SSSR count). The van der Waals surface area contributed by atoms with Gasteiger partial charge in [-0.1, -0.05) is 6.92 Å². The molecular weight excluding hydrogens is 214 g/mol. The highest BCUT2D eigenvalue weighted by molar-refractivity contribution is 4.88. The lowest BCUT2D eigenvalue weighted by Crippen LogP contribution is -2.45. The van der Waals surface area contributed by atoms with Crippen LogP contribution in [-0.2, 0) is 4.74 Å². The number of aliphatic hydroxyl groups is 1. The Labute approximate surface area is 105 Å². The second kappa shape index (κ2) is 6.17. The Morgan fingerprint density at radius 2 is 1.88 bits per heavy atom. The average molecular weight is 241 g/mol. The lowest BCUT2D eigenvalue weighted by atomic mass is 9.80. The molecule has 0 aliphatic carbocycles. The number of hydrogen-bond donors (Lipinski definition) is 1. The summed E-state index contributed by atoms with van der Waals surface area (Å²) in [4.78, 5) is 2.48. The minimum Gasteiger partial charge on any atom is -0.390 e. The molecular formula is C14H27NO2. The van der Waals surface area contributed by atoms with Gasteiger partial charge in [-0.3, -0.25) is 0 Å². The average Bonchev–Trinajstić information content (AvgIpc) is 2.34. The van der Waals surface area contributed by atoms with Gasteiger partial charge in [-0.2, -0.15) is 0 Å². The minimum absolute atomic E-state index is 0.383. The van der Waals surface area contributed by atoms with Gasteiger partial charge < -0.3 is 14.7 Å². The molecule has 1 N–H and O–H groups in total. The number of nitrogens with zero attached hydrogens (tertiary/aromatic N) is 1. The van der Waals surface area contributed by atoms with Gasteiger partial charge in [0.2, 0.25) is 0 Å². The van der Waals surface area contributed by atoms with Crippen LogP contribution < -0.4 is 0 Å².